The van der Waals surface area contributed by atoms with E-state index in [0.717, 1.165) is 36.0 Å². The molecule has 0 unspecified atom stereocenters. The topological polar surface area (TPSA) is 87.5 Å². The molecule has 1 amide bonds. The highest BCUT2D eigenvalue weighted by atomic mass is 35.5. The predicted octanol–water partition coefficient (Wildman–Crippen LogP) is 7.03. The number of nitrogens with one attached hydrogen (secondary N) is 1. The number of benzene rings is 2. The molecule has 0 aliphatic rings. The van der Waals surface area contributed by atoms with Crippen LogP contribution in [0.5, 0.6) is 5.75 Å². The highest BCUT2D eigenvalue weighted by Gasteiger charge is 2.26. The van der Waals surface area contributed by atoms with Gasteiger partial charge >= 0.3 is 0 Å². The average Bonchev–Trinajstić information content (AvgIpc) is 3.24. The summed E-state index contributed by atoms with van der Waals surface area (Å²) in [5.41, 5.74) is 5.66. The summed E-state index contributed by atoms with van der Waals surface area (Å²) < 4.78 is 1.55. The van der Waals surface area contributed by atoms with E-state index >= 15 is 0 Å². The number of nitrogens with zero attached hydrogens (tertiary/aromatic N) is 3. The Morgan fingerprint density at radius 3 is 2.22 bits per heavy atom. The average molecular weight is 563 g/mol. The molecule has 3 rings (SSSR count). The van der Waals surface area contributed by atoms with Gasteiger partial charge in [-0.3, -0.25) is 4.79 Å². The number of amides is 1. The van der Waals surface area contributed by atoms with E-state index in [9.17, 15) is 9.90 Å². The molecule has 0 bridgehead atoms. The number of aromatic nitrogens is 2. The van der Waals surface area contributed by atoms with Gasteiger partial charge < -0.3 is 5.11 Å². The van der Waals surface area contributed by atoms with Crippen molar-refractivity contribution in [3.63, 3.8) is 0 Å². The molecule has 36 heavy (non-hydrogen) atoms. The van der Waals surface area contributed by atoms with Crippen molar-refractivity contribution in [2.75, 3.05) is 5.75 Å². The van der Waals surface area contributed by atoms with Gasteiger partial charge in [-0.1, -0.05) is 106 Å². The normalized spacial score (nSPS) is 12.3. The Morgan fingerprint density at radius 1 is 1.06 bits per heavy atom. The number of phenolic OH excluding ortho intramolecular Hbond substituents is 1. The molecular weight excluding hydrogens is 532 g/mol. The van der Waals surface area contributed by atoms with Crippen LogP contribution < -0.4 is 5.43 Å². The number of phenols is 1. The summed E-state index contributed by atoms with van der Waals surface area (Å²) in [5, 5.41) is 24.1. The summed E-state index contributed by atoms with van der Waals surface area (Å²) in [6.45, 7) is 12.3. The van der Waals surface area contributed by atoms with E-state index in [-0.39, 0.29) is 22.5 Å². The standard InChI is InChI=1S/C26H31ClN4O2S3/c1-25(2,3)18-11-16(12-19(22(18)33)26(4,5)6)13-28-29-21(32)15-35-24-31-30-23(36-24)34-14-17-9-7-8-10-20(17)27/h7-13,33H,14-15H2,1-6H3,(H,29,32)/b28-13+. The molecule has 6 nitrogen and oxygen atoms in total. The summed E-state index contributed by atoms with van der Waals surface area (Å²) in [6.07, 6.45) is 1.61. The summed E-state index contributed by atoms with van der Waals surface area (Å²) in [7, 11) is 0. The lowest BCUT2D eigenvalue weighted by molar-refractivity contribution is -0.118. The van der Waals surface area contributed by atoms with Crippen LogP contribution in [0.3, 0.4) is 0 Å². The van der Waals surface area contributed by atoms with Crippen molar-refractivity contribution >= 4 is 58.6 Å². The van der Waals surface area contributed by atoms with Crippen molar-refractivity contribution in [1.29, 1.82) is 0 Å². The first-order valence-electron chi connectivity index (χ1n) is 11.4. The van der Waals surface area contributed by atoms with Gasteiger partial charge in [0, 0.05) is 21.9 Å². The quantitative estimate of drug-likeness (QED) is 0.174. The van der Waals surface area contributed by atoms with E-state index in [2.05, 4.69) is 62.3 Å². The summed E-state index contributed by atoms with van der Waals surface area (Å²) in [4.78, 5) is 12.3. The molecular formula is C26H31ClN4O2S3. The van der Waals surface area contributed by atoms with Gasteiger partial charge in [0.1, 0.15) is 5.75 Å². The minimum absolute atomic E-state index is 0.178. The first kappa shape index (κ1) is 28.5. The largest absolute Gasteiger partial charge is 0.507 e. The third kappa shape index (κ3) is 7.96. The van der Waals surface area contributed by atoms with Crippen LogP contribution in [0.25, 0.3) is 0 Å². The van der Waals surface area contributed by atoms with Gasteiger partial charge in [-0.05, 0) is 40.2 Å². The zero-order chi connectivity index (χ0) is 26.5. The molecule has 0 saturated heterocycles. The molecule has 0 atom stereocenters. The third-order valence-corrected chi connectivity index (χ3v) is 8.78. The fourth-order valence-electron chi connectivity index (χ4n) is 3.28. The molecule has 2 aromatic carbocycles. The lowest BCUT2D eigenvalue weighted by atomic mass is 9.78. The van der Waals surface area contributed by atoms with E-state index in [1.165, 1.54) is 23.1 Å². The number of hydrogen-bond donors (Lipinski definition) is 2. The summed E-state index contributed by atoms with van der Waals surface area (Å²) in [6, 6.07) is 11.6. The molecule has 0 spiro atoms. The van der Waals surface area contributed by atoms with Crippen molar-refractivity contribution in [1.82, 2.24) is 15.6 Å². The molecule has 10 heteroatoms. The molecule has 0 aliphatic heterocycles. The zero-order valence-electron chi connectivity index (χ0n) is 21.3. The minimum Gasteiger partial charge on any atom is -0.507 e. The van der Waals surface area contributed by atoms with Gasteiger partial charge in [-0.25, -0.2) is 5.43 Å². The zero-order valence-corrected chi connectivity index (χ0v) is 24.5. The van der Waals surface area contributed by atoms with Crippen molar-refractivity contribution in [2.24, 2.45) is 5.10 Å². The Labute approximate surface area is 230 Å². The Bertz CT molecular complexity index is 1210. The lowest BCUT2D eigenvalue weighted by Gasteiger charge is -2.27. The van der Waals surface area contributed by atoms with Crippen LogP contribution in [0, 0.1) is 0 Å². The Morgan fingerprint density at radius 2 is 1.64 bits per heavy atom. The van der Waals surface area contributed by atoms with E-state index in [4.69, 9.17) is 11.6 Å². The predicted molar refractivity (Wildman–Crippen MR) is 153 cm³/mol. The number of rotatable bonds is 8. The maximum atomic E-state index is 12.3. The number of hydrazone groups is 1. The SMILES string of the molecule is CC(C)(C)c1cc(/C=N/NC(=O)CSc2nnc(SCc3ccccc3Cl)s2)cc(C(C)(C)C)c1O. The molecule has 1 heterocycles. The van der Waals surface area contributed by atoms with Crippen LogP contribution in [-0.2, 0) is 21.4 Å². The van der Waals surface area contributed by atoms with Crippen LogP contribution >= 0.6 is 46.5 Å². The van der Waals surface area contributed by atoms with Crippen LogP contribution in [-0.4, -0.2) is 33.2 Å². The van der Waals surface area contributed by atoms with E-state index < -0.39 is 0 Å². The molecule has 1 aromatic heterocycles. The van der Waals surface area contributed by atoms with Crippen molar-refractivity contribution in [3.8, 4) is 5.75 Å². The maximum Gasteiger partial charge on any atom is 0.250 e. The molecule has 3 aromatic rings. The van der Waals surface area contributed by atoms with E-state index in [0.29, 0.717) is 11.5 Å². The number of aromatic hydroxyl groups is 1. The van der Waals surface area contributed by atoms with Gasteiger partial charge in [0.15, 0.2) is 8.68 Å². The number of carbonyl (C=O) groups excluding carboxylic acids is 1. The fourth-order valence-corrected chi connectivity index (χ4v) is 6.38. The van der Waals surface area contributed by atoms with Gasteiger partial charge in [0.2, 0.25) is 0 Å². The third-order valence-electron chi connectivity index (χ3n) is 5.17. The lowest BCUT2D eigenvalue weighted by Crippen LogP contribution is -2.20. The molecule has 192 valence electrons. The van der Waals surface area contributed by atoms with E-state index in [1.54, 1.807) is 18.0 Å². The monoisotopic (exact) mass is 562 g/mol. The number of halogens is 1. The van der Waals surface area contributed by atoms with Gasteiger partial charge in [0.25, 0.3) is 5.91 Å². The Balaban J connectivity index is 1.56. The highest BCUT2D eigenvalue weighted by molar-refractivity contribution is 8.03. The highest BCUT2D eigenvalue weighted by Crippen LogP contribution is 2.39. The molecule has 0 radical (unpaired) electrons. The van der Waals surface area contributed by atoms with Crippen molar-refractivity contribution in [3.05, 3.63) is 63.7 Å². The van der Waals surface area contributed by atoms with Crippen LogP contribution in [0.4, 0.5) is 0 Å². The second kappa shape index (κ2) is 12.0. The van der Waals surface area contributed by atoms with Gasteiger partial charge in [-0.2, -0.15) is 5.10 Å². The van der Waals surface area contributed by atoms with Crippen LogP contribution in [0.2, 0.25) is 5.02 Å². The Hall–Kier alpha value is -2.07. The first-order valence-corrected chi connectivity index (χ1v) is 14.5. The van der Waals surface area contributed by atoms with E-state index in [1.807, 2.05) is 36.4 Å². The summed E-state index contributed by atoms with van der Waals surface area (Å²) >= 11 is 10.5. The van der Waals surface area contributed by atoms with Gasteiger partial charge in [0.05, 0.1) is 12.0 Å². The second-order valence-corrected chi connectivity index (χ2v) is 14.1. The molecule has 0 aliphatic carbocycles. The molecule has 0 saturated carbocycles. The number of hydrogen-bond acceptors (Lipinski definition) is 8. The first-order chi connectivity index (χ1) is 16.8. The van der Waals surface area contributed by atoms with Crippen LogP contribution in [0.1, 0.15) is 63.8 Å². The number of carbonyl (C=O) groups is 1. The van der Waals surface area contributed by atoms with Crippen molar-refractivity contribution in [2.45, 2.75) is 66.8 Å². The smallest absolute Gasteiger partial charge is 0.250 e. The second-order valence-electron chi connectivity index (χ2n) is 10.3. The fraction of sp³-hybridized carbons (Fsp3) is 0.385. The van der Waals surface area contributed by atoms with Gasteiger partial charge in [-0.15, -0.1) is 10.2 Å². The van der Waals surface area contributed by atoms with Crippen molar-refractivity contribution < 1.29 is 9.90 Å². The van der Waals surface area contributed by atoms with Crippen LogP contribution in [0.15, 0.2) is 50.2 Å². The summed E-state index contributed by atoms with van der Waals surface area (Å²) in [5.74, 6) is 0.966. The molecule has 0 fully saturated rings. The molecule has 2 N–H and O–H groups in total. The maximum absolute atomic E-state index is 12.3. The minimum atomic E-state index is -0.236. The number of thioether (sulfide) groups is 2. The Kier molecular flexibility index (Phi) is 9.49.